The lowest BCUT2D eigenvalue weighted by molar-refractivity contribution is 0.0799. The molecule has 0 aromatic carbocycles. The Morgan fingerprint density at radius 2 is 2.43 bits per heavy atom. The van der Waals surface area contributed by atoms with Crippen LogP contribution in [0.1, 0.15) is 10.4 Å². The lowest BCUT2D eigenvalue weighted by atomic mass is 10.2. The summed E-state index contributed by atoms with van der Waals surface area (Å²) in [5.74, 6) is -0.136. The van der Waals surface area contributed by atoms with Crippen LogP contribution in [0.15, 0.2) is 18.5 Å². The van der Waals surface area contributed by atoms with Crippen molar-refractivity contribution in [3.63, 3.8) is 0 Å². The predicted molar refractivity (Wildman–Crippen MR) is 55.3 cm³/mol. The number of nitrogens with two attached hydrogens (primary N) is 1. The Morgan fingerprint density at radius 3 is 3.00 bits per heavy atom. The SMILES string of the molecule is CN(CCN)C(=O)c1ccncc1Cl. The van der Waals surface area contributed by atoms with Crippen LogP contribution in [0.5, 0.6) is 0 Å². The number of aromatic nitrogens is 1. The van der Waals surface area contributed by atoms with Gasteiger partial charge in [-0.15, -0.1) is 0 Å². The van der Waals surface area contributed by atoms with Crippen LogP contribution in [0.3, 0.4) is 0 Å². The molecule has 0 aliphatic carbocycles. The highest BCUT2D eigenvalue weighted by molar-refractivity contribution is 6.33. The van der Waals surface area contributed by atoms with E-state index >= 15 is 0 Å². The lowest BCUT2D eigenvalue weighted by Gasteiger charge is -2.16. The summed E-state index contributed by atoms with van der Waals surface area (Å²) < 4.78 is 0. The molecule has 14 heavy (non-hydrogen) atoms. The van der Waals surface area contributed by atoms with Crippen molar-refractivity contribution in [1.82, 2.24) is 9.88 Å². The number of carbonyl (C=O) groups is 1. The number of likely N-dealkylation sites (N-methyl/N-ethyl adjacent to an activating group) is 1. The molecular weight excluding hydrogens is 202 g/mol. The Kier molecular flexibility index (Phi) is 3.85. The highest BCUT2D eigenvalue weighted by Gasteiger charge is 2.13. The summed E-state index contributed by atoms with van der Waals surface area (Å²) >= 11 is 5.82. The first-order valence-electron chi connectivity index (χ1n) is 4.22. The third-order valence-electron chi connectivity index (χ3n) is 1.81. The molecule has 1 heterocycles. The minimum absolute atomic E-state index is 0.136. The molecule has 0 atom stereocenters. The number of pyridine rings is 1. The molecule has 0 radical (unpaired) electrons. The summed E-state index contributed by atoms with van der Waals surface area (Å²) in [6.07, 6.45) is 2.99. The van der Waals surface area contributed by atoms with Crippen molar-refractivity contribution in [1.29, 1.82) is 0 Å². The second kappa shape index (κ2) is 4.93. The van der Waals surface area contributed by atoms with Crippen molar-refractivity contribution in [2.45, 2.75) is 0 Å². The zero-order valence-corrected chi connectivity index (χ0v) is 8.66. The molecule has 5 heteroatoms. The van der Waals surface area contributed by atoms with Gasteiger partial charge in [0.1, 0.15) is 0 Å². The molecule has 0 aliphatic heterocycles. The van der Waals surface area contributed by atoms with Crippen LogP contribution in [0.4, 0.5) is 0 Å². The van der Waals surface area contributed by atoms with Gasteiger partial charge in [0.05, 0.1) is 10.6 Å². The molecule has 0 unspecified atom stereocenters. The number of rotatable bonds is 3. The normalized spacial score (nSPS) is 9.93. The summed E-state index contributed by atoms with van der Waals surface area (Å²) in [5.41, 5.74) is 5.80. The van der Waals surface area contributed by atoms with Crippen molar-refractivity contribution in [2.24, 2.45) is 5.73 Å². The van der Waals surface area contributed by atoms with Crippen LogP contribution >= 0.6 is 11.6 Å². The van der Waals surface area contributed by atoms with Gasteiger partial charge in [-0.3, -0.25) is 9.78 Å². The number of halogens is 1. The molecule has 4 nitrogen and oxygen atoms in total. The lowest BCUT2D eigenvalue weighted by Crippen LogP contribution is -2.31. The number of carbonyl (C=O) groups excluding carboxylic acids is 1. The minimum atomic E-state index is -0.136. The second-order valence-electron chi connectivity index (χ2n) is 2.87. The maximum absolute atomic E-state index is 11.7. The van der Waals surface area contributed by atoms with Gasteiger partial charge in [-0.05, 0) is 6.07 Å². The molecule has 1 aromatic heterocycles. The molecule has 76 valence electrons. The van der Waals surface area contributed by atoms with Crippen molar-refractivity contribution in [3.05, 3.63) is 29.0 Å². The molecule has 1 rings (SSSR count). The van der Waals surface area contributed by atoms with E-state index in [0.717, 1.165) is 0 Å². The first-order valence-corrected chi connectivity index (χ1v) is 4.59. The molecule has 0 aliphatic rings. The van der Waals surface area contributed by atoms with E-state index in [1.165, 1.54) is 17.3 Å². The zero-order valence-electron chi connectivity index (χ0n) is 7.90. The largest absolute Gasteiger partial charge is 0.340 e. The predicted octanol–water partition coefficient (Wildman–Crippen LogP) is 0.766. The van der Waals surface area contributed by atoms with E-state index in [2.05, 4.69) is 4.98 Å². The molecule has 0 fully saturated rings. The zero-order chi connectivity index (χ0) is 10.6. The van der Waals surface area contributed by atoms with Gasteiger partial charge in [-0.2, -0.15) is 0 Å². The van der Waals surface area contributed by atoms with Gasteiger partial charge < -0.3 is 10.6 Å². The van der Waals surface area contributed by atoms with Crippen LogP contribution in [0.2, 0.25) is 5.02 Å². The molecule has 0 bridgehead atoms. The molecule has 0 saturated carbocycles. The highest BCUT2D eigenvalue weighted by Crippen LogP contribution is 2.14. The van der Waals surface area contributed by atoms with Gasteiger partial charge in [-0.1, -0.05) is 11.6 Å². The Balaban J connectivity index is 2.84. The van der Waals surface area contributed by atoms with Gasteiger partial charge >= 0.3 is 0 Å². The monoisotopic (exact) mass is 213 g/mol. The van der Waals surface area contributed by atoms with Crippen LogP contribution in [-0.2, 0) is 0 Å². The maximum atomic E-state index is 11.7. The molecule has 0 spiro atoms. The van der Waals surface area contributed by atoms with E-state index in [9.17, 15) is 4.79 Å². The summed E-state index contributed by atoms with van der Waals surface area (Å²) in [7, 11) is 1.69. The Morgan fingerprint density at radius 1 is 1.71 bits per heavy atom. The van der Waals surface area contributed by atoms with Crippen LogP contribution in [-0.4, -0.2) is 35.9 Å². The van der Waals surface area contributed by atoms with E-state index in [4.69, 9.17) is 17.3 Å². The van der Waals surface area contributed by atoms with Crippen LogP contribution < -0.4 is 5.73 Å². The summed E-state index contributed by atoms with van der Waals surface area (Å²) in [6.45, 7) is 0.947. The Bertz CT molecular complexity index is 330. The van der Waals surface area contributed by atoms with Gasteiger partial charge in [0.15, 0.2) is 0 Å². The summed E-state index contributed by atoms with van der Waals surface area (Å²) in [4.78, 5) is 17.0. The molecular formula is C9H12ClN3O. The third-order valence-corrected chi connectivity index (χ3v) is 2.12. The molecule has 0 saturated heterocycles. The van der Waals surface area contributed by atoms with Crippen molar-refractivity contribution < 1.29 is 4.79 Å². The maximum Gasteiger partial charge on any atom is 0.255 e. The fraction of sp³-hybridized carbons (Fsp3) is 0.333. The number of hydrogen-bond donors (Lipinski definition) is 1. The van der Waals surface area contributed by atoms with Gasteiger partial charge in [0.25, 0.3) is 5.91 Å². The number of nitrogens with zero attached hydrogens (tertiary/aromatic N) is 2. The fourth-order valence-electron chi connectivity index (χ4n) is 1.05. The highest BCUT2D eigenvalue weighted by atomic mass is 35.5. The van der Waals surface area contributed by atoms with Crippen molar-refractivity contribution in [2.75, 3.05) is 20.1 Å². The topological polar surface area (TPSA) is 59.2 Å². The molecule has 1 amide bonds. The van der Waals surface area contributed by atoms with E-state index in [0.29, 0.717) is 23.7 Å². The Labute approximate surface area is 87.7 Å². The second-order valence-corrected chi connectivity index (χ2v) is 3.28. The van der Waals surface area contributed by atoms with Crippen LogP contribution in [0, 0.1) is 0 Å². The van der Waals surface area contributed by atoms with E-state index in [1.807, 2.05) is 0 Å². The van der Waals surface area contributed by atoms with Crippen molar-refractivity contribution >= 4 is 17.5 Å². The van der Waals surface area contributed by atoms with Crippen molar-refractivity contribution in [3.8, 4) is 0 Å². The first-order chi connectivity index (χ1) is 6.66. The molecule has 2 N–H and O–H groups in total. The van der Waals surface area contributed by atoms with E-state index in [1.54, 1.807) is 13.1 Å². The van der Waals surface area contributed by atoms with Crippen LogP contribution in [0.25, 0.3) is 0 Å². The van der Waals surface area contributed by atoms with Gasteiger partial charge in [0, 0.05) is 32.5 Å². The Hall–Kier alpha value is -1.13. The molecule has 1 aromatic rings. The summed E-state index contributed by atoms with van der Waals surface area (Å²) in [5, 5.41) is 0.362. The number of hydrogen-bond acceptors (Lipinski definition) is 3. The quantitative estimate of drug-likeness (QED) is 0.807. The van der Waals surface area contributed by atoms with E-state index < -0.39 is 0 Å². The number of amides is 1. The van der Waals surface area contributed by atoms with Gasteiger partial charge in [-0.25, -0.2) is 0 Å². The smallest absolute Gasteiger partial charge is 0.255 e. The standard InChI is InChI=1S/C9H12ClN3O/c1-13(5-3-11)9(14)7-2-4-12-6-8(7)10/h2,4,6H,3,5,11H2,1H3. The third kappa shape index (κ3) is 2.43. The first kappa shape index (κ1) is 10.9. The fourth-order valence-corrected chi connectivity index (χ4v) is 1.25. The minimum Gasteiger partial charge on any atom is -0.340 e. The average Bonchev–Trinajstić information content (AvgIpc) is 2.18. The van der Waals surface area contributed by atoms with E-state index in [-0.39, 0.29) is 5.91 Å². The average molecular weight is 214 g/mol. The summed E-state index contributed by atoms with van der Waals surface area (Å²) in [6, 6.07) is 1.59. The van der Waals surface area contributed by atoms with Gasteiger partial charge in [0.2, 0.25) is 0 Å².